The number of ether oxygens (including phenoxy) is 2. The third kappa shape index (κ3) is 4.00. The van der Waals surface area contributed by atoms with E-state index in [9.17, 15) is 4.79 Å². The second-order valence-corrected chi connectivity index (χ2v) is 6.51. The van der Waals surface area contributed by atoms with Gasteiger partial charge in [-0.15, -0.1) is 0 Å². The average Bonchev–Trinajstić information content (AvgIpc) is 2.92. The van der Waals surface area contributed by atoms with Crippen LogP contribution >= 0.6 is 11.6 Å². The zero-order valence-corrected chi connectivity index (χ0v) is 13.3. The number of halogens is 1. The summed E-state index contributed by atoms with van der Waals surface area (Å²) in [6, 6.07) is 0.195. The summed E-state index contributed by atoms with van der Waals surface area (Å²) in [5.41, 5.74) is -0.0933. The Labute approximate surface area is 135 Å². The summed E-state index contributed by atoms with van der Waals surface area (Å²) in [6.07, 6.45) is 7.31. The second kappa shape index (κ2) is 6.98. The van der Waals surface area contributed by atoms with E-state index in [-0.39, 0.29) is 17.6 Å². The van der Waals surface area contributed by atoms with Crippen molar-refractivity contribution in [3.8, 4) is 0 Å². The van der Waals surface area contributed by atoms with E-state index in [2.05, 4.69) is 10.4 Å². The smallest absolute Gasteiger partial charge is 0.222 e. The van der Waals surface area contributed by atoms with Gasteiger partial charge in [0.15, 0.2) is 0 Å². The highest BCUT2D eigenvalue weighted by Gasteiger charge is 2.39. The van der Waals surface area contributed by atoms with Crippen LogP contribution in [0.5, 0.6) is 0 Å². The number of carbonyl (C=O) groups is 1. The molecule has 2 aliphatic rings. The number of rotatable bonds is 4. The van der Waals surface area contributed by atoms with Gasteiger partial charge >= 0.3 is 0 Å². The molecule has 3 rings (SSSR count). The third-order valence-corrected chi connectivity index (χ3v) is 4.63. The molecule has 122 valence electrons. The molecule has 1 amide bonds. The summed E-state index contributed by atoms with van der Waals surface area (Å²) >= 11 is 5.81. The Morgan fingerprint density at radius 3 is 3.00 bits per heavy atom. The van der Waals surface area contributed by atoms with Gasteiger partial charge in [-0.25, -0.2) is 0 Å². The molecule has 7 heteroatoms. The molecule has 0 aliphatic carbocycles. The molecule has 0 aromatic carbocycles. The molecular formula is C15H22ClN3O3. The van der Waals surface area contributed by atoms with E-state index in [1.165, 1.54) is 0 Å². The van der Waals surface area contributed by atoms with Crippen molar-refractivity contribution in [3.05, 3.63) is 17.4 Å². The van der Waals surface area contributed by atoms with Crippen LogP contribution in [-0.4, -0.2) is 47.2 Å². The van der Waals surface area contributed by atoms with E-state index in [1.54, 1.807) is 17.1 Å². The van der Waals surface area contributed by atoms with Gasteiger partial charge in [0.25, 0.3) is 0 Å². The first-order chi connectivity index (χ1) is 10.7. The monoisotopic (exact) mass is 327 g/mol. The maximum atomic E-state index is 12.1. The van der Waals surface area contributed by atoms with Crippen molar-refractivity contribution in [2.75, 3.05) is 19.8 Å². The molecule has 6 nitrogen and oxygen atoms in total. The molecule has 2 aliphatic heterocycles. The summed E-state index contributed by atoms with van der Waals surface area (Å²) < 4.78 is 13.1. The Morgan fingerprint density at radius 1 is 1.45 bits per heavy atom. The lowest BCUT2D eigenvalue weighted by molar-refractivity contribution is -0.144. The second-order valence-electron chi connectivity index (χ2n) is 6.07. The Balaban J connectivity index is 1.46. The highest BCUT2D eigenvalue weighted by Crippen LogP contribution is 2.34. The summed E-state index contributed by atoms with van der Waals surface area (Å²) in [5.74, 6) is 0.0562. The van der Waals surface area contributed by atoms with Gasteiger partial charge in [0, 0.05) is 45.0 Å². The molecule has 1 aromatic rings. The minimum absolute atomic E-state index is 0.0562. The first-order valence-corrected chi connectivity index (χ1v) is 8.22. The van der Waals surface area contributed by atoms with Crippen LogP contribution in [0.4, 0.5) is 0 Å². The number of nitrogens with one attached hydrogen (secondary N) is 1. The predicted molar refractivity (Wildman–Crippen MR) is 81.8 cm³/mol. The van der Waals surface area contributed by atoms with Gasteiger partial charge in [-0.3, -0.25) is 9.48 Å². The highest BCUT2D eigenvalue weighted by molar-refractivity contribution is 6.30. The molecule has 0 radical (unpaired) electrons. The zero-order valence-electron chi connectivity index (χ0n) is 12.6. The van der Waals surface area contributed by atoms with Crippen LogP contribution in [0.3, 0.4) is 0 Å². The normalized spacial score (nSPS) is 24.3. The molecule has 0 saturated carbocycles. The quantitative estimate of drug-likeness (QED) is 0.915. The topological polar surface area (TPSA) is 65.4 Å². The van der Waals surface area contributed by atoms with E-state index in [1.807, 2.05) is 0 Å². The Bertz CT molecular complexity index is 508. The maximum absolute atomic E-state index is 12.1. The number of hydrogen-bond donors (Lipinski definition) is 1. The lowest BCUT2D eigenvalue weighted by Crippen LogP contribution is -2.51. The van der Waals surface area contributed by atoms with Gasteiger partial charge in [0.05, 0.1) is 16.8 Å². The van der Waals surface area contributed by atoms with Gasteiger partial charge in [-0.05, 0) is 25.7 Å². The number of aryl methyl sites for hydroxylation is 1. The molecule has 22 heavy (non-hydrogen) atoms. The molecular weight excluding hydrogens is 306 g/mol. The van der Waals surface area contributed by atoms with Crippen molar-refractivity contribution in [1.29, 1.82) is 0 Å². The van der Waals surface area contributed by atoms with Gasteiger partial charge in [-0.2, -0.15) is 5.10 Å². The standard InChI is InChI=1S/C15H22ClN3O3/c16-12-10-17-19(11-12)5-1-14(20)18-13-2-6-22-15(9-13)3-7-21-8-4-15/h10-11,13H,1-9H2,(H,18,20). The van der Waals surface area contributed by atoms with Crippen molar-refractivity contribution in [2.45, 2.75) is 50.3 Å². The maximum Gasteiger partial charge on any atom is 0.222 e. The summed E-state index contributed by atoms with van der Waals surface area (Å²) in [5, 5.41) is 7.80. The summed E-state index contributed by atoms with van der Waals surface area (Å²) in [6.45, 7) is 2.75. The number of nitrogens with zero attached hydrogens (tertiary/aromatic N) is 2. The van der Waals surface area contributed by atoms with Crippen molar-refractivity contribution in [1.82, 2.24) is 15.1 Å². The third-order valence-electron chi connectivity index (χ3n) is 4.43. The first kappa shape index (κ1) is 15.8. The number of carbonyl (C=O) groups excluding carboxylic acids is 1. The molecule has 2 saturated heterocycles. The molecule has 1 aromatic heterocycles. The molecule has 3 heterocycles. The van der Waals surface area contributed by atoms with E-state index >= 15 is 0 Å². The summed E-state index contributed by atoms with van der Waals surface area (Å²) in [7, 11) is 0. The van der Waals surface area contributed by atoms with Crippen LogP contribution in [-0.2, 0) is 20.8 Å². The van der Waals surface area contributed by atoms with Gasteiger partial charge in [-0.1, -0.05) is 11.6 Å². The first-order valence-electron chi connectivity index (χ1n) is 7.84. The fourth-order valence-electron chi connectivity index (χ4n) is 3.22. The van der Waals surface area contributed by atoms with E-state index in [0.29, 0.717) is 24.6 Å². The van der Waals surface area contributed by atoms with Crippen LogP contribution in [0, 0.1) is 0 Å². The Hall–Kier alpha value is -1.11. The number of amides is 1. The van der Waals surface area contributed by atoms with Crippen molar-refractivity contribution in [2.24, 2.45) is 0 Å². The Kier molecular flexibility index (Phi) is 5.00. The van der Waals surface area contributed by atoms with Crippen LogP contribution < -0.4 is 5.32 Å². The van der Waals surface area contributed by atoms with Gasteiger partial charge in [0.1, 0.15) is 0 Å². The average molecular weight is 328 g/mol. The lowest BCUT2D eigenvalue weighted by Gasteiger charge is -2.43. The molecule has 1 N–H and O–H groups in total. The van der Waals surface area contributed by atoms with Crippen LogP contribution in [0.1, 0.15) is 32.1 Å². The van der Waals surface area contributed by atoms with Crippen molar-refractivity contribution in [3.63, 3.8) is 0 Å². The molecule has 1 atom stereocenters. The van der Waals surface area contributed by atoms with Crippen molar-refractivity contribution < 1.29 is 14.3 Å². The fourth-order valence-corrected chi connectivity index (χ4v) is 3.38. The van der Waals surface area contributed by atoms with Gasteiger partial charge < -0.3 is 14.8 Å². The molecule has 1 spiro atoms. The minimum Gasteiger partial charge on any atom is -0.381 e. The highest BCUT2D eigenvalue weighted by atomic mass is 35.5. The van der Waals surface area contributed by atoms with E-state index < -0.39 is 0 Å². The van der Waals surface area contributed by atoms with E-state index in [4.69, 9.17) is 21.1 Å². The zero-order chi connectivity index (χ0) is 15.4. The van der Waals surface area contributed by atoms with Crippen LogP contribution in [0.15, 0.2) is 12.4 Å². The minimum atomic E-state index is -0.0933. The van der Waals surface area contributed by atoms with Crippen LogP contribution in [0.25, 0.3) is 0 Å². The van der Waals surface area contributed by atoms with Crippen LogP contribution in [0.2, 0.25) is 5.02 Å². The number of aromatic nitrogens is 2. The fraction of sp³-hybridized carbons (Fsp3) is 0.733. The summed E-state index contributed by atoms with van der Waals surface area (Å²) in [4.78, 5) is 12.1. The SMILES string of the molecule is O=C(CCn1cc(Cl)cn1)NC1CCOC2(CCOCC2)C1. The largest absolute Gasteiger partial charge is 0.381 e. The van der Waals surface area contributed by atoms with E-state index in [0.717, 1.165) is 38.9 Å². The molecule has 1 unspecified atom stereocenters. The predicted octanol–water partition coefficient (Wildman–Crippen LogP) is 1.77. The Morgan fingerprint density at radius 2 is 2.27 bits per heavy atom. The molecule has 2 fully saturated rings. The molecule has 0 bridgehead atoms. The van der Waals surface area contributed by atoms with Crippen molar-refractivity contribution >= 4 is 17.5 Å². The lowest BCUT2D eigenvalue weighted by atomic mass is 9.84. The van der Waals surface area contributed by atoms with Gasteiger partial charge in [0.2, 0.25) is 5.91 Å². The number of hydrogen-bond acceptors (Lipinski definition) is 4.